The molecule has 2 aromatic carbocycles. The maximum atomic E-state index is 12.3. The summed E-state index contributed by atoms with van der Waals surface area (Å²) in [5, 5.41) is 3.19. The molecule has 7 nitrogen and oxygen atoms in total. The molecule has 1 amide bonds. The second-order valence-corrected chi connectivity index (χ2v) is 6.78. The van der Waals surface area contributed by atoms with E-state index in [0.29, 0.717) is 10.9 Å². The van der Waals surface area contributed by atoms with Crippen LogP contribution in [0.5, 0.6) is 5.75 Å². The molecule has 0 unspecified atom stereocenters. The molecule has 1 heterocycles. The smallest absolute Gasteiger partial charge is 0.408 e. The van der Waals surface area contributed by atoms with Gasteiger partial charge in [0, 0.05) is 17.5 Å². The minimum atomic E-state index is -0.991. The van der Waals surface area contributed by atoms with E-state index in [0.717, 1.165) is 5.56 Å². The van der Waals surface area contributed by atoms with Gasteiger partial charge in [-0.2, -0.15) is 0 Å². The van der Waals surface area contributed by atoms with Crippen molar-refractivity contribution in [1.29, 1.82) is 0 Å². The van der Waals surface area contributed by atoms with Gasteiger partial charge in [-0.05, 0) is 31.0 Å². The van der Waals surface area contributed by atoms with Crippen LogP contribution in [-0.2, 0) is 16.1 Å². The number of ether oxygens (including phenoxy) is 2. The molecule has 1 aromatic heterocycles. The molecule has 1 N–H and O–H groups in total. The molecule has 0 spiro atoms. The Morgan fingerprint density at radius 1 is 1.17 bits per heavy atom. The number of hydrogen-bond donors (Lipinski definition) is 1. The first-order chi connectivity index (χ1) is 13.8. The minimum absolute atomic E-state index is 0.0178. The molecule has 0 fully saturated rings. The molecular weight excluding hydrogens is 398 g/mol. The summed E-state index contributed by atoms with van der Waals surface area (Å²) in [6, 6.07) is 12.4. The van der Waals surface area contributed by atoms with Crippen LogP contribution in [0.1, 0.15) is 18.1 Å². The Balaban J connectivity index is 1.64. The van der Waals surface area contributed by atoms with E-state index in [-0.39, 0.29) is 23.0 Å². The molecule has 0 aliphatic carbocycles. The quantitative estimate of drug-likeness (QED) is 0.385. The third-order valence-corrected chi connectivity index (χ3v) is 4.41. The standard InChI is InChI=1S/C21H18ClNO6/c1-12-8-19(24)28-17-10-18(16(22)9-15(12)17)29-20(25)13(2)23-21(26)27-11-14-6-4-3-5-7-14/h3-10,13H,11H2,1-2H3,(H,23,26)/t13-/m1/s1. The molecule has 0 saturated heterocycles. The number of halogens is 1. The van der Waals surface area contributed by atoms with Crippen LogP contribution in [0.2, 0.25) is 5.02 Å². The van der Waals surface area contributed by atoms with Crippen LogP contribution >= 0.6 is 11.6 Å². The molecule has 1 atom stereocenters. The lowest BCUT2D eigenvalue weighted by molar-refractivity contribution is -0.136. The van der Waals surface area contributed by atoms with Gasteiger partial charge in [0.15, 0.2) is 5.75 Å². The third kappa shape index (κ3) is 5.14. The zero-order chi connectivity index (χ0) is 21.0. The van der Waals surface area contributed by atoms with E-state index in [2.05, 4.69) is 5.32 Å². The predicted octanol–water partition coefficient (Wildman–Crippen LogP) is 3.98. The fraction of sp³-hybridized carbons (Fsp3) is 0.190. The van der Waals surface area contributed by atoms with E-state index in [9.17, 15) is 14.4 Å². The monoisotopic (exact) mass is 415 g/mol. The highest BCUT2D eigenvalue weighted by Gasteiger charge is 2.20. The fourth-order valence-electron chi connectivity index (χ4n) is 2.60. The highest BCUT2D eigenvalue weighted by atomic mass is 35.5. The average molecular weight is 416 g/mol. The summed E-state index contributed by atoms with van der Waals surface area (Å²) in [6.45, 7) is 3.27. The van der Waals surface area contributed by atoms with Gasteiger partial charge >= 0.3 is 17.7 Å². The second kappa shape index (κ2) is 8.79. The lowest BCUT2D eigenvalue weighted by atomic mass is 10.1. The van der Waals surface area contributed by atoms with E-state index in [4.69, 9.17) is 25.5 Å². The van der Waals surface area contributed by atoms with Gasteiger partial charge in [-0.1, -0.05) is 41.9 Å². The van der Waals surface area contributed by atoms with Gasteiger partial charge in [0.25, 0.3) is 0 Å². The fourth-order valence-corrected chi connectivity index (χ4v) is 2.80. The summed E-state index contributed by atoms with van der Waals surface area (Å²) >= 11 is 6.18. The van der Waals surface area contributed by atoms with Crippen LogP contribution in [0.25, 0.3) is 11.0 Å². The van der Waals surface area contributed by atoms with Crippen molar-refractivity contribution in [2.75, 3.05) is 0 Å². The summed E-state index contributed by atoms with van der Waals surface area (Å²) in [5.41, 5.74) is 1.22. The number of carbonyl (C=O) groups excluding carboxylic acids is 2. The maximum absolute atomic E-state index is 12.3. The van der Waals surface area contributed by atoms with E-state index < -0.39 is 23.7 Å². The van der Waals surface area contributed by atoms with Crippen molar-refractivity contribution in [3.05, 3.63) is 75.1 Å². The van der Waals surface area contributed by atoms with Gasteiger partial charge in [0.1, 0.15) is 18.2 Å². The van der Waals surface area contributed by atoms with E-state index in [1.807, 2.05) is 30.3 Å². The van der Waals surface area contributed by atoms with Crippen molar-refractivity contribution >= 4 is 34.6 Å². The Morgan fingerprint density at radius 2 is 1.90 bits per heavy atom. The summed E-state index contributed by atoms with van der Waals surface area (Å²) in [6.07, 6.45) is -0.760. The van der Waals surface area contributed by atoms with Gasteiger partial charge in [-0.25, -0.2) is 14.4 Å². The molecule has 0 saturated carbocycles. The lowest BCUT2D eigenvalue weighted by Crippen LogP contribution is -2.41. The molecule has 0 aliphatic rings. The number of carbonyl (C=O) groups is 2. The van der Waals surface area contributed by atoms with Crippen LogP contribution in [0.15, 0.2) is 57.7 Å². The predicted molar refractivity (Wildman–Crippen MR) is 107 cm³/mol. The maximum Gasteiger partial charge on any atom is 0.408 e. The molecule has 0 bridgehead atoms. The number of nitrogens with one attached hydrogen (secondary N) is 1. The Kier molecular flexibility index (Phi) is 6.19. The molecule has 29 heavy (non-hydrogen) atoms. The number of rotatable bonds is 5. The molecule has 0 radical (unpaired) electrons. The Morgan fingerprint density at radius 3 is 2.62 bits per heavy atom. The van der Waals surface area contributed by atoms with Crippen molar-refractivity contribution in [2.45, 2.75) is 26.5 Å². The zero-order valence-electron chi connectivity index (χ0n) is 15.7. The molecule has 3 aromatic rings. The van der Waals surface area contributed by atoms with Crippen LogP contribution in [0.3, 0.4) is 0 Å². The van der Waals surface area contributed by atoms with Crippen molar-refractivity contribution in [3.63, 3.8) is 0 Å². The highest BCUT2D eigenvalue weighted by Crippen LogP contribution is 2.31. The third-order valence-electron chi connectivity index (χ3n) is 4.12. The Hall–Kier alpha value is -3.32. The number of alkyl carbamates (subject to hydrolysis) is 1. The molecule has 3 rings (SSSR count). The minimum Gasteiger partial charge on any atom is -0.445 e. The molecule has 8 heteroatoms. The van der Waals surface area contributed by atoms with Crippen LogP contribution in [0.4, 0.5) is 4.79 Å². The topological polar surface area (TPSA) is 94.8 Å². The summed E-state index contributed by atoms with van der Waals surface area (Å²) in [4.78, 5) is 35.7. The summed E-state index contributed by atoms with van der Waals surface area (Å²) in [5.74, 6) is -0.734. The van der Waals surface area contributed by atoms with Crippen molar-refractivity contribution in [3.8, 4) is 5.75 Å². The van der Waals surface area contributed by atoms with Crippen molar-refractivity contribution < 1.29 is 23.5 Å². The summed E-state index contributed by atoms with van der Waals surface area (Å²) in [7, 11) is 0. The number of esters is 1. The number of hydrogen-bond acceptors (Lipinski definition) is 6. The largest absolute Gasteiger partial charge is 0.445 e. The van der Waals surface area contributed by atoms with E-state index in [1.165, 1.54) is 19.1 Å². The van der Waals surface area contributed by atoms with Crippen molar-refractivity contribution in [2.24, 2.45) is 0 Å². The first-order valence-electron chi connectivity index (χ1n) is 8.76. The first-order valence-corrected chi connectivity index (χ1v) is 9.14. The van der Waals surface area contributed by atoms with Gasteiger partial charge in [-0.3, -0.25) is 0 Å². The Labute approximate surface area is 171 Å². The number of amides is 1. The number of fused-ring (bicyclic) bond motifs is 1. The second-order valence-electron chi connectivity index (χ2n) is 6.38. The van der Waals surface area contributed by atoms with Crippen LogP contribution in [0, 0.1) is 6.92 Å². The normalized spacial score (nSPS) is 11.7. The van der Waals surface area contributed by atoms with Gasteiger partial charge in [0.2, 0.25) is 0 Å². The van der Waals surface area contributed by atoms with Gasteiger partial charge in [0.05, 0.1) is 5.02 Å². The summed E-state index contributed by atoms with van der Waals surface area (Å²) < 4.78 is 15.5. The highest BCUT2D eigenvalue weighted by molar-refractivity contribution is 6.33. The molecular formula is C21H18ClNO6. The lowest BCUT2D eigenvalue weighted by Gasteiger charge is -2.14. The molecule has 150 valence electrons. The zero-order valence-corrected chi connectivity index (χ0v) is 16.5. The van der Waals surface area contributed by atoms with Gasteiger partial charge in [-0.15, -0.1) is 0 Å². The van der Waals surface area contributed by atoms with Crippen LogP contribution < -0.4 is 15.7 Å². The van der Waals surface area contributed by atoms with Crippen LogP contribution in [-0.4, -0.2) is 18.1 Å². The van der Waals surface area contributed by atoms with E-state index >= 15 is 0 Å². The SMILES string of the molecule is Cc1cc(=O)oc2cc(OC(=O)[C@@H](C)NC(=O)OCc3ccccc3)c(Cl)cc12. The molecule has 0 aliphatic heterocycles. The number of aryl methyl sites for hydroxylation is 1. The Bertz CT molecular complexity index is 1110. The number of benzene rings is 2. The van der Waals surface area contributed by atoms with Gasteiger partial charge < -0.3 is 19.2 Å². The van der Waals surface area contributed by atoms with Crippen molar-refractivity contribution in [1.82, 2.24) is 5.32 Å². The average Bonchev–Trinajstić information content (AvgIpc) is 2.68. The first kappa shape index (κ1) is 20.4. The van der Waals surface area contributed by atoms with E-state index in [1.54, 1.807) is 13.0 Å².